The third-order valence-electron chi connectivity index (χ3n) is 5.20. The Hall–Kier alpha value is -1.95. The van der Waals surface area contributed by atoms with E-state index in [1.165, 1.54) is 19.2 Å². The number of hydrogen-bond donors (Lipinski definition) is 0. The number of piperazine rings is 1. The van der Waals surface area contributed by atoms with Gasteiger partial charge in [-0.3, -0.25) is 14.5 Å². The van der Waals surface area contributed by atoms with Gasteiger partial charge in [-0.05, 0) is 31.0 Å². The molecule has 1 aromatic carbocycles. The average Bonchev–Trinajstić information content (AvgIpc) is 3.11. The van der Waals surface area contributed by atoms with Crippen LogP contribution in [0, 0.1) is 11.7 Å². The summed E-state index contributed by atoms with van der Waals surface area (Å²) in [6.45, 7) is 5.11. The molecule has 2 aliphatic rings. The SMILES string of the molecule is COC(=O)C(C)CN1C[C@H]2CC1C(=O)N2[C@@H](C)c1ccc(F)cc1. The zero-order valence-corrected chi connectivity index (χ0v) is 14.2. The van der Waals surface area contributed by atoms with Crippen LogP contribution >= 0.6 is 0 Å². The van der Waals surface area contributed by atoms with Crippen LogP contribution in [0.25, 0.3) is 0 Å². The van der Waals surface area contributed by atoms with Crippen LogP contribution in [-0.4, -0.2) is 54.0 Å². The van der Waals surface area contributed by atoms with Crippen LogP contribution < -0.4 is 0 Å². The minimum absolute atomic E-state index is 0.0757. The summed E-state index contributed by atoms with van der Waals surface area (Å²) in [5, 5.41) is 0. The first-order valence-electron chi connectivity index (χ1n) is 8.32. The molecule has 0 N–H and O–H groups in total. The molecule has 2 unspecified atom stereocenters. The van der Waals surface area contributed by atoms with E-state index in [1.807, 2.05) is 18.7 Å². The minimum Gasteiger partial charge on any atom is -0.469 e. The van der Waals surface area contributed by atoms with Gasteiger partial charge in [0.2, 0.25) is 5.91 Å². The van der Waals surface area contributed by atoms with Crippen molar-refractivity contribution in [2.75, 3.05) is 20.2 Å². The number of rotatable bonds is 5. The normalized spacial score (nSPS) is 25.8. The van der Waals surface area contributed by atoms with E-state index < -0.39 is 0 Å². The average molecular weight is 334 g/mol. The highest BCUT2D eigenvalue weighted by Gasteiger charge is 2.51. The van der Waals surface area contributed by atoms with Crippen molar-refractivity contribution in [3.05, 3.63) is 35.6 Å². The highest BCUT2D eigenvalue weighted by Crippen LogP contribution is 2.38. The first-order valence-corrected chi connectivity index (χ1v) is 8.32. The number of methoxy groups -OCH3 is 1. The van der Waals surface area contributed by atoms with Crippen LogP contribution in [0.5, 0.6) is 0 Å². The van der Waals surface area contributed by atoms with Gasteiger partial charge in [0.15, 0.2) is 0 Å². The monoisotopic (exact) mass is 334 g/mol. The van der Waals surface area contributed by atoms with Crippen LogP contribution in [0.15, 0.2) is 24.3 Å². The Balaban J connectivity index is 1.68. The highest BCUT2D eigenvalue weighted by atomic mass is 19.1. The molecule has 1 aromatic rings. The zero-order valence-electron chi connectivity index (χ0n) is 14.2. The van der Waals surface area contributed by atoms with E-state index in [9.17, 15) is 14.0 Å². The first-order chi connectivity index (χ1) is 11.4. The fourth-order valence-electron chi connectivity index (χ4n) is 3.93. The van der Waals surface area contributed by atoms with Gasteiger partial charge in [0.05, 0.1) is 25.1 Å². The van der Waals surface area contributed by atoms with Crippen LogP contribution in [0.3, 0.4) is 0 Å². The van der Waals surface area contributed by atoms with Gasteiger partial charge in [-0.25, -0.2) is 4.39 Å². The highest BCUT2D eigenvalue weighted by molar-refractivity contribution is 5.86. The third-order valence-corrected chi connectivity index (χ3v) is 5.20. The lowest BCUT2D eigenvalue weighted by atomic mass is 10.1. The summed E-state index contributed by atoms with van der Waals surface area (Å²) < 4.78 is 17.9. The van der Waals surface area contributed by atoms with E-state index in [2.05, 4.69) is 4.90 Å². The Labute approximate surface area is 141 Å². The standard InChI is InChI=1S/C18H23FN2O3/c1-11(18(23)24-3)9-20-10-15-8-16(20)17(22)21(15)12(2)13-4-6-14(19)7-5-13/h4-7,11-12,15-16H,8-10H2,1-3H3/t11?,12-,15+,16?/m0/s1. The number of nitrogens with zero attached hydrogens (tertiary/aromatic N) is 2. The number of esters is 1. The summed E-state index contributed by atoms with van der Waals surface area (Å²) in [6, 6.07) is 6.22. The number of amides is 1. The van der Waals surface area contributed by atoms with Crippen molar-refractivity contribution < 1.29 is 18.7 Å². The number of benzene rings is 1. The molecule has 0 spiro atoms. The van der Waals surface area contributed by atoms with Crippen molar-refractivity contribution >= 4 is 11.9 Å². The predicted molar refractivity (Wildman–Crippen MR) is 86.6 cm³/mol. The molecule has 2 aliphatic heterocycles. The maximum atomic E-state index is 13.1. The Morgan fingerprint density at radius 1 is 1.33 bits per heavy atom. The summed E-state index contributed by atoms with van der Waals surface area (Å²) >= 11 is 0. The molecule has 2 fully saturated rings. The first kappa shape index (κ1) is 16.9. The Morgan fingerprint density at radius 2 is 2.00 bits per heavy atom. The van der Waals surface area contributed by atoms with E-state index in [1.54, 1.807) is 12.1 Å². The van der Waals surface area contributed by atoms with E-state index >= 15 is 0 Å². The lowest BCUT2D eigenvalue weighted by Crippen LogP contribution is -2.52. The molecule has 0 aromatic heterocycles. The van der Waals surface area contributed by atoms with Gasteiger partial charge in [0.1, 0.15) is 5.82 Å². The van der Waals surface area contributed by atoms with Crippen molar-refractivity contribution in [2.24, 2.45) is 5.92 Å². The topological polar surface area (TPSA) is 49.9 Å². The Kier molecular flexibility index (Phi) is 4.58. The van der Waals surface area contributed by atoms with Gasteiger partial charge in [0, 0.05) is 19.1 Å². The number of halogens is 1. The van der Waals surface area contributed by atoms with Crippen LogP contribution in [-0.2, 0) is 14.3 Å². The second-order valence-electron chi connectivity index (χ2n) is 6.76. The molecule has 3 rings (SSSR count). The summed E-state index contributed by atoms with van der Waals surface area (Å²) in [5.74, 6) is -0.671. The van der Waals surface area contributed by atoms with Gasteiger partial charge in [-0.1, -0.05) is 19.1 Å². The molecule has 2 saturated heterocycles. The Morgan fingerprint density at radius 3 is 2.58 bits per heavy atom. The van der Waals surface area contributed by atoms with Gasteiger partial charge < -0.3 is 9.64 Å². The fourth-order valence-corrected chi connectivity index (χ4v) is 3.93. The lowest BCUT2D eigenvalue weighted by molar-refractivity contribution is -0.147. The molecule has 2 heterocycles. The molecule has 0 saturated carbocycles. The molecular formula is C18H23FN2O3. The van der Waals surface area contributed by atoms with Crippen molar-refractivity contribution in [1.82, 2.24) is 9.80 Å². The smallest absolute Gasteiger partial charge is 0.309 e. The van der Waals surface area contributed by atoms with E-state index in [4.69, 9.17) is 4.74 Å². The van der Waals surface area contributed by atoms with Gasteiger partial charge >= 0.3 is 5.97 Å². The second-order valence-corrected chi connectivity index (χ2v) is 6.76. The minimum atomic E-state index is -0.275. The summed E-state index contributed by atoms with van der Waals surface area (Å²) in [7, 11) is 1.38. The van der Waals surface area contributed by atoms with Crippen molar-refractivity contribution in [3.8, 4) is 0 Å². The molecule has 0 aliphatic carbocycles. The number of carbonyl (C=O) groups is 2. The second kappa shape index (κ2) is 6.51. The van der Waals surface area contributed by atoms with Crippen molar-refractivity contribution in [2.45, 2.75) is 38.4 Å². The fraction of sp³-hybridized carbons (Fsp3) is 0.556. The van der Waals surface area contributed by atoms with Gasteiger partial charge in [-0.15, -0.1) is 0 Å². The van der Waals surface area contributed by atoms with E-state index in [0.29, 0.717) is 6.54 Å². The molecule has 6 heteroatoms. The molecule has 130 valence electrons. The van der Waals surface area contributed by atoms with Crippen molar-refractivity contribution in [1.29, 1.82) is 0 Å². The van der Waals surface area contributed by atoms with Crippen LogP contribution in [0.1, 0.15) is 31.9 Å². The maximum Gasteiger partial charge on any atom is 0.309 e. The van der Waals surface area contributed by atoms with E-state index in [0.717, 1.165) is 18.5 Å². The summed E-state index contributed by atoms with van der Waals surface area (Å²) in [4.78, 5) is 28.4. The number of hydrogen-bond acceptors (Lipinski definition) is 4. The van der Waals surface area contributed by atoms with Crippen LogP contribution in [0.4, 0.5) is 4.39 Å². The summed E-state index contributed by atoms with van der Waals surface area (Å²) in [6.07, 6.45) is 0.790. The third kappa shape index (κ3) is 2.90. The lowest BCUT2D eigenvalue weighted by Gasteiger charge is -2.38. The number of carbonyl (C=O) groups excluding carboxylic acids is 2. The molecule has 4 atom stereocenters. The number of likely N-dealkylation sites (tertiary alicyclic amines) is 2. The number of fused-ring (bicyclic) bond motifs is 2. The Bertz CT molecular complexity index is 634. The molecule has 24 heavy (non-hydrogen) atoms. The molecule has 1 amide bonds. The predicted octanol–water partition coefficient (Wildman–Crippen LogP) is 1.98. The summed E-state index contributed by atoms with van der Waals surface area (Å²) in [5.41, 5.74) is 0.937. The molecule has 5 nitrogen and oxygen atoms in total. The number of ether oxygens (including phenoxy) is 1. The van der Waals surface area contributed by atoms with Crippen molar-refractivity contribution in [3.63, 3.8) is 0 Å². The maximum absolute atomic E-state index is 13.1. The van der Waals surface area contributed by atoms with Gasteiger partial charge in [-0.2, -0.15) is 0 Å². The quantitative estimate of drug-likeness (QED) is 0.773. The largest absolute Gasteiger partial charge is 0.469 e. The molecule has 0 radical (unpaired) electrons. The zero-order chi connectivity index (χ0) is 17.4. The van der Waals surface area contributed by atoms with Crippen LogP contribution in [0.2, 0.25) is 0 Å². The molecule has 2 bridgehead atoms. The van der Waals surface area contributed by atoms with E-state index in [-0.39, 0.29) is 41.7 Å². The van der Waals surface area contributed by atoms with Gasteiger partial charge in [0.25, 0.3) is 0 Å². The molecular weight excluding hydrogens is 311 g/mol.